The van der Waals surface area contributed by atoms with E-state index in [-0.39, 0.29) is 11.9 Å². The molecular weight excluding hydrogens is 324 g/mol. The van der Waals surface area contributed by atoms with Crippen LogP contribution in [-0.4, -0.2) is 57.4 Å². The number of ether oxygens (including phenoxy) is 3. The molecule has 0 unspecified atom stereocenters. The van der Waals surface area contributed by atoms with E-state index in [9.17, 15) is 9.59 Å². The van der Waals surface area contributed by atoms with Gasteiger partial charge in [0.2, 0.25) is 5.91 Å². The highest BCUT2D eigenvalue weighted by atomic mass is 16.5. The minimum atomic E-state index is -0.418. The van der Waals surface area contributed by atoms with Crippen LogP contribution < -0.4 is 14.8 Å². The molecule has 138 valence electrons. The van der Waals surface area contributed by atoms with Gasteiger partial charge < -0.3 is 24.4 Å². The molecule has 0 spiro atoms. The predicted molar refractivity (Wildman–Crippen MR) is 93.0 cm³/mol. The summed E-state index contributed by atoms with van der Waals surface area (Å²) < 4.78 is 15.1. The Morgan fingerprint density at radius 1 is 1.12 bits per heavy atom. The molecule has 1 aliphatic rings. The second-order valence-corrected chi connectivity index (χ2v) is 5.98. The third-order valence-corrected chi connectivity index (χ3v) is 4.43. The number of piperidine rings is 1. The summed E-state index contributed by atoms with van der Waals surface area (Å²) in [5, 5.41) is 2.78. The molecule has 0 aromatic heterocycles. The van der Waals surface area contributed by atoms with Crippen LogP contribution >= 0.6 is 0 Å². The summed E-state index contributed by atoms with van der Waals surface area (Å²) in [7, 11) is 4.54. The van der Waals surface area contributed by atoms with E-state index in [4.69, 9.17) is 9.47 Å². The van der Waals surface area contributed by atoms with Gasteiger partial charge in [-0.2, -0.15) is 0 Å². The average Bonchev–Trinajstić information content (AvgIpc) is 2.66. The van der Waals surface area contributed by atoms with Crippen molar-refractivity contribution >= 4 is 12.0 Å². The zero-order valence-electron chi connectivity index (χ0n) is 15.0. The molecule has 0 radical (unpaired) electrons. The van der Waals surface area contributed by atoms with Gasteiger partial charge in [0.05, 0.1) is 21.3 Å². The van der Waals surface area contributed by atoms with Gasteiger partial charge in [-0.3, -0.25) is 4.79 Å². The molecule has 7 heteroatoms. The van der Waals surface area contributed by atoms with E-state index in [1.54, 1.807) is 14.2 Å². The van der Waals surface area contributed by atoms with E-state index in [1.807, 2.05) is 23.1 Å². The number of rotatable bonds is 6. The van der Waals surface area contributed by atoms with E-state index >= 15 is 0 Å². The van der Waals surface area contributed by atoms with Crippen molar-refractivity contribution in [2.24, 2.45) is 0 Å². The number of hydrogen-bond donors (Lipinski definition) is 1. The van der Waals surface area contributed by atoms with Gasteiger partial charge in [-0.25, -0.2) is 4.79 Å². The van der Waals surface area contributed by atoms with Crippen LogP contribution in [-0.2, 0) is 16.0 Å². The fourth-order valence-corrected chi connectivity index (χ4v) is 2.94. The van der Waals surface area contributed by atoms with Gasteiger partial charge in [-0.15, -0.1) is 0 Å². The Morgan fingerprint density at radius 3 is 2.40 bits per heavy atom. The highest BCUT2D eigenvalue weighted by Crippen LogP contribution is 2.28. The maximum absolute atomic E-state index is 12.4. The molecule has 2 amide bonds. The Kier molecular flexibility index (Phi) is 6.91. The van der Waals surface area contributed by atoms with Crippen molar-refractivity contribution in [2.75, 3.05) is 34.4 Å². The summed E-state index contributed by atoms with van der Waals surface area (Å²) >= 11 is 0. The maximum Gasteiger partial charge on any atom is 0.407 e. The van der Waals surface area contributed by atoms with Crippen molar-refractivity contribution in [1.29, 1.82) is 0 Å². The Morgan fingerprint density at radius 2 is 1.80 bits per heavy atom. The lowest BCUT2D eigenvalue weighted by Gasteiger charge is -2.32. The quantitative estimate of drug-likeness (QED) is 0.849. The van der Waals surface area contributed by atoms with E-state index in [2.05, 4.69) is 10.1 Å². The van der Waals surface area contributed by atoms with Crippen LogP contribution in [0.1, 0.15) is 24.8 Å². The van der Waals surface area contributed by atoms with Crippen LogP contribution in [0.15, 0.2) is 18.2 Å². The first kappa shape index (κ1) is 18.9. The van der Waals surface area contributed by atoms with Crippen LogP contribution in [0.5, 0.6) is 11.5 Å². The number of aryl methyl sites for hydroxylation is 1. The molecule has 1 fully saturated rings. The lowest BCUT2D eigenvalue weighted by Crippen LogP contribution is -2.46. The fraction of sp³-hybridized carbons (Fsp3) is 0.556. The molecule has 1 aliphatic heterocycles. The summed E-state index contributed by atoms with van der Waals surface area (Å²) in [6.07, 6.45) is 2.18. The van der Waals surface area contributed by atoms with Gasteiger partial charge in [-0.1, -0.05) is 6.07 Å². The summed E-state index contributed by atoms with van der Waals surface area (Å²) in [6.45, 7) is 1.30. The normalized spacial score (nSPS) is 14.8. The summed E-state index contributed by atoms with van der Waals surface area (Å²) in [5.41, 5.74) is 1.04. The predicted octanol–water partition coefficient (Wildman–Crippen LogP) is 1.98. The highest BCUT2D eigenvalue weighted by Gasteiger charge is 2.23. The number of likely N-dealkylation sites (tertiary alicyclic amines) is 1. The zero-order chi connectivity index (χ0) is 18.2. The standard InChI is InChI=1S/C18H26N2O5/c1-23-15-6-4-13(12-16(15)24-2)5-7-17(21)20-10-8-14(9-11-20)19-18(22)25-3/h4,6,12,14H,5,7-11H2,1-3H3,(H,19,22). The van der Waals surface area contributed by atoms with Crippen molar-refractivity contribution in [3.05, 3.63) is 23.8 Å². The van der Waals surface area contributed by atoms with Crippen molar-refractivity contribution in [3.8, 4) is 11.5 Å². The molecule has 1 aromatic rings. The number of amides is 2. The first-order valence-electron chi connectivity index (χ1n) is 8.40. The number of nitrogens with one attached hydrogen (secondary N) is 1. The molecule has 25 heavy (non-hydrogen) atoms. The smallest absolute Gasteiger partial charge is 0.407 e. The fourth-order valence-electron chi connectivity index (χ4n) is 2.94. The Bertz CT molecular complexity index is 597. The molecular formula is C18H26N2O5. The van der Waals surface area contributed by atoms with Crippen LogP contribution in [0, 0.1) is 0 Å². The minimum Gasteiger partial charge on any atom is -0.493 e. The number of benzene rings is 1. The molecule has 0 saturated carbocycles. The van der Waals surface area contributed by atoms with Gasteiger partial charge >= 0.3 is 6.09 Å². The van der Waals surface area contributed by atoms with Crippen molar-refractivity contribution < 1.29 is 23.8 Å². The van der Waals surface area contributed by atoms with Crippen LogP contribution in [0.4, 0.5) is 4.79 Å². The molecule has 0 atom stereocenters. The van der Waals surface area contributed by atoms with E-state index in [0.29, 0.717) is 37.4 Å². The second-order valence-electron chi connectivity index (χ2n) is 5.98. The van der Waals surface area contributed by atoms with Crippen LogP contribution in [0.3, 0.4) is 0 Å². The van der Waals surface area contributed by atoms with Crippen molar-refractivity contribution in [3.63, 3.8) is 0 Å². The third-order valence-electron chi connectivity index (χ3n) is 4.43. The monoisotopic (exact) mass is 350 g/mol. The third kappa shape index (κ3) is 5.27. The highest BCUT2D eigenvalue weighted by molar-refractivity contribution is 5.76. The maximum atomic E-state index is 12.4. The van der Waals surface area contributed by atoms with Crippen LogP contribution in [0.2, 0.25) is 0 Å². The van der Waals surface area contributed by atoms with E-state index in [1.165, 1.54) is 7.11 Å². The lowest BCUT2D eigenvalue weighted by atomic mass is 10.0. The minimum absolute atomic E-state index is 0.0716. The Balaban J connectivity index is 1.80. The largest absolute Gasteiger partial charge is 0.493 e. The first-order valence-corrected chi connectivity index (χ1v) is 8.40. The Hall–Kier alpha value is -2.44. The number of methoxy groups -OCH3 is 3. The molecule has 1 aromatic carbocycles. The zero-order valence-corrected chi connectivity index (χ0v) is 15.0. The van der Waals surface area contributed by atoms with E-state index in [0.717, 1.165) is 18.4 Å². The second kappa shape index (κ2) is 9.15. The van der Waals surface area contributed by atoms with Crippen LogP contribution in [0.25, 0.3) is 0 Å². The Labute approximate surface area is 148 Å². The van der Waals surface area contributed by atoms with Crippen molar-refractivity contribution in [2.45, 2.75) is 31.7 Å². The van der Waals surface area contributed by atoms with Gasteiger partial charge in [0, 0.05) is 25.6 Å². The SMILES string of the molecule is COC(=O)NC1CCN(C(=O)CCc2ccc(OC)c(OC)c2)CC1. The molecule has 1 N–H and O–H groups in total. The lowest BCUT2D eigenvalue weighted by molar-refractivity contribution is -0.132. The number of carbonyl (C=O) groups is 2. The molecule has 7 nitrogen and oxygen atoms in total. The number of nitrogens with zero attached hydrogens (tertiary/aromatic N) is 1. The number of alkyl carbamates (subject to hydrolysis) is 1. The van der Waals surface area contributed by atoms with E-state index < -0.39 is 6.09 Å². The topological polar surface area (TPSA) is 77.1 Å². The molecule has 0 aliphatic carbocycles. The first-order chi connectivity index (χ1) is 12.1. The molecule has 2 rings (SSSR count). The number of hydrogen-bond acceptors (Lipinski definition) is 5. The van der Waals surface area contributed by atoms with Gasteiger partial charge in [0.1, 0.15) is 0 Å². The number of carbonyl (C=O) groups excluding carboxylic acids is 2. The average molecular weight is 350 g/mol. The van der Waals surface area contributed by atoms with Gasteiger partial charge in [-0.05, 0) is 37.0 Å². The summed E-state index contributed by atoms with van der Waals surface area (Å²) in [4.78, 5) is 25.5. The van der Waals surface area contributed by atoms with Gasteiger partial charge in [0.15, 0.2) is 11.5 Å². The summed E-state index contributed by atoms with van der Waals surface area (Å²) in [5.74, 6) is 1.48. The summed E-state index contributed by atoms with van der Waals surface area (Å²) in [6, 6.07) is 5.77. The molecule has 1 saturated heterocycles. The molecule has 0 bridgehead atoms. The van der Waals surface area contributed by atoms with Gasteiger partial charge in [0.25, 0.3) is 0 Å². The molecule has 1 heterocycles. The van der Waals surface area contributed by atoms with Crippen molar-refractivity contribution in [1.82, 2.24) is 10.2 Å².